The third-order valence-corrected chi connectivity index (χ3v) is 7.13. The van der Waals surface area contributed by atoms with E-state index in [9.17, 15) is 23.5 Å². The monoisotopic (exact) mass is 568 g/mol. The number of aromatic nitrogens is 1. The Labute approximate surface area is 241 Å². The van der Waals surface area contributed by atoms with Crippen LogP contribution >= 0.6 is 0 Å². The SMILES string of the molecule is CC(C)C(N)C(=O)NCCCN(C(=O)CO)C(c1cc(-c2cc(F)ccc2F)cn1Cc1ccccc1)C(C)(C)C. The van der Waals surface area contributed by atoms with E-state index >= 15 is 0 Å². The maximum atomic E-state index is 14.9. The summed E-state index contributed by atoms with van der Waals surface area (Å²) < 4.78 is 31.0. The molecular formula is C32H42F2N4O3. The molecule has 0 spiro atoms. The molecule has 0 aliphatic rings. The van der Waals surface area contributed by atoms with Gasteiger partial charge in [0.1, 0.15) is 18.2 Å². The summed E-state index contributed by atoms with van der Waals surface area (Å²) in [6, 6.07) is 13.7. The first-order valence-electron chi connectivity index (χ1n) is 14.0. The van der Waals surface area contributed by atoms with E-state index in [2.05, 4.69) is 5.32 Å². The molecule has 2 amide bonds. The van der Waals surface area contributed by atoms with Gasteiger partial charge in [-0.3, -0.25) is 9.59 Å². The number of nitrogens with one attached hydrogen (secondary N) is 1. The van der Waals surface area contributed by atoms with E-state index in [4.69, 9.17) is 5.73 Å². The zero-order chi connectivity index (χ0) is 30.3. The van der Waals surface area contributed by atoms with E-state index in [0.717, 1.165) is 23.8 Å². The van der Waals surface area contributed by atoms with Gasteiger partial charge in [-0.25, -0.2) is 8.78 Å². The highest BCUT2D eigenvalue weighted by molar-refractivity contribution is 5.81. The minimum Gasteiger partial charge on any atom is -0.387 e. The van der Waals surface area contributed by atoms with E-state index in [1.807, 2.05) is 69.5 Å². The van der Waals surface area contributed by atoms with Crippen LogP contribution in [0.15, 0.2) is 60.8 Å². The highest BCUT2D eigenvalue weighted by atomic mass is 19.1. The van der Waals surface area contributed by atoms with E-state index in [-0.39, 0.29) is 23.9 Å². The third-order valence-electron chi connectivity index (χ3n) is 7.13. The molecular weight excluding hydrogens is 526 g/mol. The normalized spacial score (nSPS) is 13.2. The molecule has 0 bridgehead atoms. The minimum atomic E-state index is -0.693. The van der Waals surface area contributed by atoms with Gasteiger partial charge in [0, 0.05) is 42.7 Å². The summed E-state index contributed by atoms with van der Waals surface area (Å²) >= 11 is 0. The van der Waals surface area contributed by atoms with Crippen molar-refractivity contribution in [2.75, 3.05) is 19.7 Å². The van der Waals surface area contributed by atoms with Gasteiger partial charge < -0.3 is 25.6 Å². The van der Waals surface area contributed by atoms with Crippen LogP contribution in [0.1, 0.15) is 58.3 Å². The van der Waals surface area contributed by atoms with Gasteiger partial charge >= 0.3 is 0 Å². The van der Waals surface area contributed by atoms with Crippen molar-refractivity contribution in [3.63, 3.8) is 0 Å². The molecule has 2 unspecified atom stereocenters. The molecule has 7 nitrogen and oxygen atoms in total. The molecule has 3 rings (SSSR count). The number of aliphatic hydroxyl groups is 1. The van der Waals surface area contributed by atoms with Gasteiger partial charge in [-0.15, -0.1) is 0 Å². The van der Waals surface area contributed by atoms with Crippen molar-refractivity contribution in [3.05, 3.63) is 83.7 Å². The summed E-state index contributed by atoms with van der Waals surface area (Å²) in [5.41, 5.74) is 7.73. The fraction of sp³-hybridized carbons (Fsp3) is 0.438. The Kier molecular flexibility index (Phi) is 10.8. The second-order valence-corrected chi connectivity index (χ2v) is 11.8. The lowest BCUT2D eigenvalue weighted by Crippen LogP contribution is -2.46. The summed E-state index contributed by atoms with van der Waals surface area (Å²) in [6.07, 6.45) is 2.20. The molecule has 1 aromatic heterocycles. The molecule has 1 heterocycles. The molecule has 0 saturated carbocycles. The quantitative estimate of drug-likeness (QED) is 0.271. The minimum absolute atomic E-state index is 0.0118. The Morgan fingerprint density at radius 1 is 1.07 bits per heavy atom. The number of nitrogens with zero attached hydrogens (tertiary/aromatic N) is 2. The number of carbonyl (C=O) groups excluding carboxylic acids is 2. The first kappa shape index (κ1) is 32.0. The fourth-order valence-electron chi connectivity index (χ4n) is 4.98. The number of carbonyl (C=O) groups is 2. The zero-order valence-electron chi connectivity index (χ0n) is 24.5. The van der Waals surface area contributed by atoms with Crippen LogP contribution in [-0.4, -0.2) is 52.1 Å². The maximum Gasteiger partial charge on any atom is 0.248 e. The summed E-state index contributed by atoms with van der Waals surface area (Å²) in [6.45, 7) is 9.99. The van der Waals surface area contributed by atoms with Gasteiger partial charge in [0.15, 0.2) is 0 Å². The van der Waals surface area contributed by atoms with Crippen LogP contribution in [0.2, 0.25) is 0 Å². The number of aliphatic hydroxyl groups excluding tert-OH is 1. The average molecular weight is 569 g/mol. The number of hydrogen-bond donors (Lipinski definition) is 3. The largest absolute Gasteiger partial charge is 0.387 e. The van der Waals surface area contributed by atoms with Crippen LogP contribution in [0, 0.1) is 23.0 Å². The Balaban J connectivity index is 2.03. The van der Waals surface area contributed by atoms with E-state index in [1.165, 1.54) is 0 Å². The summed E-state index contributed by atoms with van der Waals surface area (Å²) in [4.78, 5) is 27.1. The zero-order valence-corrected chi connectivity index (χ0v) is 24.5. The fourth-order valence-corrected chi connectivity index (χ4v) is 4.98. The maximum absolute atomic E-state index is 14.9. The number of amides is 2. The lowest BCUT2D eigenvalue weighted by molar-refractivity contribution is -0.139. The van der Waals surface area contributed by atoms with E-state index < -0.39 is 41.6 Å². The Morgan fingerprint density at radius 3 is 2.37 bits per heavy atom. The molecule has 0 radical (unpaired) electrons. The molecule has 9 heteroatoms. The van der Waals surface area contributed by atoms with Crippen molar-refractivity contribution in [1.82, 2.24) is 14.8 Å². The van der Waals surface area contributed by atoms with Crippen LogP contribution in [0.3, 0.4) is 0 Å². The van der Waals surface area contributed by atoms with Crippen molar-refractivity contribution in [1.29, 1.82) is 0 Å². The predicted molar refractivity (Wildman–Crippen MR) is 157 cm³/mol. The lowest BCUT2D eigenvalue weighted by Gasteiger charge is -2.41. The van der Waals surface area contributed by atoms with Crippen LogP contribution in [-0.2, 0) is 16.1 Å². The van der Waals surface area contributed by atoms with Gasteiger partial charge in [-0.2, -0.15) is 0 Å². The predicted octanol–water partition coefficient (Wildman–Crippen LogP) is 4.88. The Morgan fingerprint density at radius 2 is 1.76 bits per heavy atom. The van der Waals surface area contributed by atoms with E-state index in [1.54, 1.807) is 17.2 Å². The molecule has 2 atom stereocenters. The molecule has 4 N–H and O–H groups in total. The third kappa shape index (κ3) is 8.24. The molecule has 0 aliphatic carbocycles. The summed E-state index contributed by atoms with van der Waals surface area (Å²) in [7, 11) is 0. The average Bonchev–Trinajstić information content (AvgIpc) is 3.32. The van der Waals surface area contributed by atoms with Crippen molar-refractivity contribution >= 4 is 11.8 Å². The first-order valence-corrected chi connectivity index (χ1v) is 14.0. The number of halogens is 2. The molecule has 3 aromatic rings. The smallest absolute Gasteiger partial charge is 0.248 e. The number of nitrogens with two attached hydrogens (primary N) is 1. The van der Waals surface area contributed by atoms with Crippen molar-refractivity contribution in [3.8, 4) is 11.1 Å². The first-order chi connectivity index (χ1) is 19.3. The van der Waals surface area contributed by atoms with Gasteiger partial charge in [-0.1, -0.05) is 65.0 Å². The number of rotatable bonds is 12. The van der Waals surface area contributed by atoms with Gasteiger partial charge in [0.2, 0.25) is 11.8 Å². The van der Waals surface area contributed by atoms with Crippen molar-refractivity contribution in [2.45, 2.75) is 59.7 Å². The van der Waals surface area contributed by atoms with Crippen molar-refractivity contribution in [2.24, 2.45) is 17.1 Å². The summed E-state index contributed by atoms with van der Waals surface area (Å²) in [5.74, 6) is -1.85. The number of benzene rings is 2. The Bertz CT molecular complexity index is 1320. The van der Waals surface area contributed by atoms with Crippen LogP contribution in [0.5, 0.6) is 0 Å². The van der Waals surface area contributed by atoms with Crippen molar-refractivity contribution < 1.29 is 23.5 Å². The molecule has 0 fully saturated rings. The second-order valence-electron chi connectivity index (χ2n) is 11.8. The standard InChI is InChI=1S/C32H42F2N4O3/c1-21(2)29(35)31(41)36-14-9-15-38(28(40)20-39)30(32(3,4)5)27-16-23(25-17-24(33)12-13-26(25)34)19-37(27)18-22-10-7-6-8-11-22/h6-8,10-13,16-17,19,21,29-30,39H,9,14-15,18,20,35H2,1-5H3,(H,36,41). The Hall–Kier alpha value is -3.56. The van der Waals surface area contributed by atoms with Crippen LogP contribution in [0.25, 0.3) is 11.1 Å². The lowest BCUT2D eigenvalue weighted by atomic mass is 9.83. The molecule has 0 saturated heterocycles. The van der Waals surface area contributed by atoms with Crippen LogP contribution < -0.4 is 11.1 Å². The topological polar surface area (TPSA) is 101 Å². The molecule has 222 valence electrons. The number of hydrogen-bond acceptors (Lipinski definition) is 4. The van der Waals surface area contributed by atoms with Gasteiger partial charge in [0.25, 0.3) is 0 Å². The van der Waals surface area contributed by atoms with Crippen LogP contribution in [0.4, 0.5) is 8.78 Å². The molecule has 41 heavy (non-hydrogen) atoms. The second kappa shape index (κ2) is 13.9. The highest BCUT2D eigenvalue weighted by Crippen LogP contribution is 2.41. The highest BCUT2D eigenvalue weighted by Gasteiger charge is 2.37. The van der Waals surface area contributed by atoms with Gasteiger partial charge in [-0.05, 0) is 47.6 Å². The molecule has 0 aliphatic heterocycles. The van der Waals surface area contributed by atoms with E-state index in [0.29, 0.717) is 30.8 Å². The van der Waals surface area contributed by atoms with Gasteiger partial charge in [0.05, 0.1) is 12.1 Å². The molecule has 2 aromatic carbocycles. The summed E-state index contributed by atoms with van der Waals surface area (Å²) in [5, 5.41) is 12.8.